The molecule has 0 aromatic carbocycles. The van der Waals surface area contributed by atoms with E-state index in [1.54, 1.807) is 6.92 Å². The molecule has 0 radical (unpaired) electrons. The van der Waals surface area contributed by atoms with Gasteiger partial charge in [-0.05, 0) is 104 Å². The number of aliphatic hydroxyl groups excluding tert-OH is 10. The number of rotatable bonds is 8. The summed E-state index contributed by atoms with van der Waals surface area (Å²) in [6, 6.07) is 0. The molecule has 3 heterocycles. The number of hydrogen-bond acceptors (Lipinski definition) is 16. The maximum Gasteiger partial charge on any atom is 0.187 e. The van der Waals surface area contributed by atoms with E-state index in [4.69, 9.17) is 28.4 Å². The molecule has 366 valence electrons. The molecule has 23 atom stereocenters. The minimum absolute atomic E-state index is 0.0557. The Balaban J connectivity index is 1.06. The van der Waals surface area contributed by atoms with Crippen LogP contribution in [0.4, 0.5) is 0 Å². The fourth-order valence-electron chi connectivity index (χ4n) is 14.4. The highest BCUT2D eigenvalue weighted by atomic mass is 16.8. The van der Waals surface area contributed by atoms with Crippen LogP contribution in [0.5, 0.6) is 0 Å². The van der Waals surface area contributed by atoms with Gasteiger partial charge in [0.25, 0.3) is 0 Å². The Morgan fingerprint density at radius 2 is 1.23 bits per heavy atom. The van der Waals surface area contributed by atoms with Crippen molar-refractivity contribution in [1.82, 2.24) is 0 Å². The third-order valence-electron chi connectivity index (χ3n) is 18.8. The Labute approximate surface area is 377 Å². The largest absolute Gasteiger partial charge is 0.395 e. The van der Waals surface area contributed by atoms with Crippen LogP contribution in [0.15, 0.2) is 23.3 Å². The molecule has 3 saturated carbocycles. The number of allylic oxidation sites excluding steroid dienone is 3. The van der Waals surface area contributed by atoms with Gasteiger partial charge in [0.1, 0.15) is 61.0 Å². The second-order valence-corrected chi connectivity index (χ2v) is 23.2. The van der Waals surface area contributed by atoms with E-state index in [0.29, 0.717) is 12.8 Å². The highest BCUT2D eigenvalue weighted by molar-refractivity contribution is 5.47. The van der Waals surface area contributed by atoms with Gasteiger partial charge in [-0.2, -0.15) is 0 Å². The molecular formula is C48H78O16. The van der Waals surface area contributed by atoms with Crippen molar-refractivity contribution in [3.63, 3.8) is 0 Å². The van der Waals surface area contributed by atoms with Crippen molar-refractivity contribution in [3.05, 3.63) is 23.3 Å². The lowest BCUT2D eigenvalue weighted by molar-refractivity contribution is -0.396. The zero-order valence-electron chi connectivity index (χ0n) is 39.1. The average molecular weight is 911 g/mol. The molecule has 8 aliphatic rings. The van der Waals surface area contributed by atoms with Gasteiger partial charge in [0.15, 0.2) is 18.9 Å². The normalized spacial score (nSPS) is 54.6. The van der Waals surface area contributed by atoms with Crippen molar-refractivity contribution >= 4 is 0 Å². The molecule has 3 aliphatic heterocycles. The maximum atomic E-state index is 12.1. The van der Waals surface area contributed by atoms with Crippen LogP contribution in [0.1, 0.15) is 114 Å². The topological polar surface area (TPSA) is 258 Å². The van der Waals surface area contributed by atoms with E-state index in [1.807, 2.05) is 0 Å². The van der Waals surface area contributed by atoms with Crippen LogP contribution in [0.2, 0.25) is 0 Å². The molecule has 0 aromatic rings. The second-order valence-electron chi connectivity index (χ2n) is 23.2. The lowest BCUT2D eigenvalue weighted by atomic mass is 9.35. The molecule has 0 spiro atoms. The number of hydrogen-bond donors (Lipinski definition) is 10. The highest BCUT2D eigenvalue weighted by Gasteiger charge is 2.68. The third-order valence-corrected chi connectivity index (χ3v) is 18.8. The summed E-state index contributed by atoms with van der Waals surface area (Å²) in [4.78, 5) is 0. The summed E-state index contributed by atoms with van der Waals surface area (Å²) in [5.41, 5.74) is 0.903. The molecule has 0 amide bonds. The molecule has 0 bridgehead atoms. The summed E-state index contributed by atoms with van der Waals surface area (Å²) in [5.74, 6) is 0.354. The number of ether oxygens (including phenoxy) is 6. The summed E-state index contributed by atoms with van der Waals surface area (Å²) in [5, 5.41) is 110. The molecule has 6 fully saturated rings. The highest BCUT2D eigenvalue weighted by Crippen LogP contribution is 2.74. The van der Waals surface area contributed by atoms with Crippen molar-refractivity contribution < 1.29 is 79.5 Å². The molecule has 8 rings (SSSR count). The zero-order chi connectivity index (χ0) is 46.9. The predicted molar refractivity (Wildman–Crippen MR) is 229 cm³/mol. The number of fused-ring (bicyclic) bond motifs is 6. The lowest BCUT2D eigenvalue weighted by Gasteiger charge is -2.70. The first-order valence-corrected chi connectivity index (χ1v) is 23.8. The Bertz CT molecular complexity index is 1770. The number of aliphatic hydroxyl groups is 10. The molecule has 5 aliphatic carbocycles. The molecule has 16 heteroatoms. The summed E-state index contributed by atoms with van der Waals surface area (Å²) < 4.78 is 37.0. The van der Waals surface area contributed by atoms with E-state index in [9.17, 15) is 51.1 Å². The van der Waals surface area contributed by atoms with E-state index in [1.165, 1.54) is 18.1 Å². The van der Waals surface area contributed by atoms with Crippen molar-refractivity contribution in [2.75, 3.05) is 13.2 Å². The van der Waals surface area contributed by atoms with Gasteiger partial charge in [-0.15, -0.1) is 0 Å². The van der Waals surface area contributed by atoms with Gasteiger partial charge < -0.3 is 79.5 Å². The summed E-state index contributed by atoms with van der Waals surface area (Å²) in [6.07, 6.45) is -12.2. The van der Waals surface area contributed by atoms with Crippen molar-refractivity contribution in [3.8, 4) is 0 Å². The zero-order valence-corrected chi connectivity index (χ0v) is 39.1. The van der Waals surface area contributed by atoms with Crippen LogP contribution in [-0.2, 0) is 28.4 Å². The first-order chi connectivity index (χ1) is 29.8. The quantitative estimate of drug-likeness (QED) is 0.155. The van der Waals surface area contributed by atoms with E-state index in [2.05, 4.69) is 60.6 Å². The summed E-state index contributed by atoms with van der Waals surface area (Å²) in [6.45, 7) is 18.5. The van der Waals surface area contributed by atoms with Gasteiger partial charge in [-0.1, -0.05) is 66.2 Å². The third kappa shape index (κ3) is 7.46. The van der Waals surface area contributed by atoms with Crippen LogP contribution in [0.3, 0.4) is 0 Å². The first-order valence-electron chi connectivity index (χ1n) is 23.8. The second kappa shape index (κ2) is 17.1. The molecular weight excluding hydrogens is 833 g/mol. The standard InChI is InChI=1S/C48H78O16/c1-22-31(52)34(55)37(58)40(59-22)63-39-36(57)33(54)26(20-49)61-42(39)64-38-35(56)32(53)23(2)60-41(38)62-30-13-14-45(7)27(44(30,5)6)12-15-46(8)28(45)11-10-24-25-18-43(3,4)16-17-48(25,21-50)29(51)19-47(24,46)9/h10-11,22-23,26-42,49-58H,12-21H2,1-9H3/t22-,23-,26-,27-,28+,29-,30+,31-,32-,33-,34+,35+,36+,37-,38-,39-,40+,41+,42+,45-,46+,47+,48-/m0/s1. The summed E-state index contributed by atoms with van der Waals surface area (Å²) in [7, 11) is 0. The Morgan fingerprint density at radius 3 is 1.88 bits per heavy atom. The van der Waals surface area contributed by atoms with Crippen molar-refractivity contribution in [2.24, 2.45) is 44.3 Å². The Hall–Kier alpha value is -1.16. The summed E-state index contributed by atoms with van der Waals surface area (Å²) >= 11 is 0. The van der Waals surface area contributed by atoms with Gasteiger partial charge in [0.2, 0.25) is 0 Å². The van der Waals surface area contributed by atoms with Crippen LogP contribution in [0, 0.1) is 44.3 Å². The first kappa shape index (κ1) is 49.3. The fraction of sp³-hybridized carbons (Fsp3) is 0.917. The van der Waals surface area contributed by atoms with Crippen LogP contribution < -0.4 is 0 Å². The fourth-order valence-corrected chi connectivity index (χ4v) is 14.4. The minimum Gasteiger partial charge on any atom is -0.395 e. The van der Waals surface area contributed by atoms with E-state index >= 15 is 0 Å². The van der Waals surface area contributed by atoms with E-state index < -0.39 is 122 Å². The van der Waals surface area contributed by atoms with Gasteiger partial charge in [0, 0.05) is 10.8 Å². The van der Waals surface area contributed by atoms with Crippen LogP contribution >= 0.6 is 0 Å². The monoisotopic (exact) mass is 911 g/mol. The van der Waals surface area contributed by atoms with Gasteiger partial charge >= 0.3 is 0 Å². The smallest absolute Gasteiger partial charge is 0.187 e. The maximum absolute atomic E-state index is 12.1. The van der Waals surface area contributed by atoms with E-state index in [-0.39, 0.29) is 40.1 Å². The molecule has 64 heavy (non-hydrogen) atoms. The van der Waals surface area contributed by atoms with Gasteiger partial charge in [0.05, 0.1) is 37.6 Å². The molecule has 0 aromatic heterocycles. The Morgan fingerprint density at radius 1 is 0.641 bits per heavy atom. The molecule has 0 unspecified atom stereocenters. The van der Waals surface area contributed by atoms with Crippen LogP contribution in [-0.4, -0.2) is 169 Å². The predicted octanol–water partition coefficient (Wildman–Crippen LogP) is 1.56. The van der Waals surface area contributed by atoms with Crippen molar-refractivity contribution in [2.45, 2.75) is 218 Å². The van der Waals surface area contributed by atoms with E-state index in [0.717, 1.165) is 38.5 Å². The molecule has 16 nitrogen and oxygen atoms in total. The minimum atomic E-state index is -1.80. The molecule has 3 saturated heterocycles. The SMILES string of the molecule is C[C@@H]1O[C@H](O[C@@H]2[C@@H](O[C@@H]3[C@@H](O[C@@H]4CC[C@]5(C)[C@H]6C=CC7=C8CC(C)(C)CC[C@@]8(CO)[C@@H](O)C[C@@]7(C)[C@]6(C)CC[C@H]5C4(C)C)O[C@@H](C)[C@H](O)[C@H]3O)O[C@@H](CO)[C@H](O)[C@H]2O)[C@@H](O)[C@H](O)[C@H]1O. The van der Waals surface area contributed by atoms with Gasteiger partial charge in [-0.3, -0.25) is 0 Å². The average Bonchev–Trinajstić information content (AvgIpc) is 3.23. The van der Waals surface area contributed by atoms with Gasteiger partial charge in [-0.25, -0.2) is 0 Å². The van der Waals surface area contributed by atoms with Crippen molar-refractivity contribution in [1.29, 1.82) is 0 Å². The van der Waals surface area contributed by atoms with Crippen LogP contribution in [0.25, 0.3) is 0 Å². The lowest BCUT2D eigenvalue weighted by Crippen LogP contribution is -2.67. The Kier molecular flexibility index (Phi) is 13.1. The molecule has 10 N–H and O–H groups in total.